The molecule has 100 valence electrons. The molecule has 0 fully saturated rings. The lowest BCUT2D eigenvalue weighted by Crippen LogP contribution is -2.50. The molecule has 0 unspecified atom stereocenters. The molecule has 5 N–H and O–H groups in total. The van der Waals surface area contributed by atoms with Crippen LogP contribution in [0.15, 0.2) is 30.3 Å². The zero-order valence-corrected chi connectivity index (χ0v) is 10.8. The summed E-state index contributed by atoms with van der Waals surface area (Å²) in [6, 6.07) is 7.58. The van der Waals surface area contributed by atoms with Crippen LogP contribution in [-0.2, 0) is 4.79 Å². The monoisotopic (exact) mass is 252 g/mol. The van der Waals surface area contributed by atoms with Gasteiger partial charge in [0.15, 0.2) is 0 Å². The van der Waals surface area contributed by atoms with E-state index >= 15 is 0 Å². The fourth-order valence-electron chi connectivity index (χ4n) is 1.76. The zero-order valence-electron chi connectivity index (χ0n) is 13.8. The van der Waals surface area contributed by atoms with E-state index in [2.05, 4.69) is 5.32 Å². The molecule has 0 aliphatic rings. The Hall–Kier alpha value is -1.39. The first-order valence-electron chi connectivity index (χ1n) is 7.41. The number of hydrogen-bond donors (Lipinski definition) is 3. The van der Waals surface area contributed by atoms with Crippen molar-refractivity contribution in [1.29, 1.82) is 0 Å². The van der Waals surface area contributed by atoms with Crippen LogP contribution in [0, 0.1) is 5.41 Å². The van der Waals surface area contributed by atoms with Crippen LogP contribution in [0.25, 0.3) is 0 Å². The maximum absolute atomic E-state index is 11.7. The standard InChI is InChI=1S/C14H23N3O/c1-14(2,3)11(9-15)17-12(13(16)18)10-7-5-4-6-8-10/h4-8,11-12,17H,9,15H2,1-3H3,(H2,16,18)/t11-,12-/m1/s1/i1D3. The van der Waals surface area contributed by atoms with E-state index in [0.29, 0.717) is 5.56 Å². The van der Waals surface area contributed by atoms with Crippen LogP contribution in [0.4, 0.5) is 0 Å². The summed E-state index contributed by atoms with van der Waals surface area (Å²) in [4.78, 5) is 11.7. The van der Waals surface area contributed by atoms with Crippen molar-refractivity contribution in [3.63, 3.8) is 0 Å². The van der Waals surface area contributed by atoms with E-state index in [1.54, 1.807) is 38.1 Å². The smallest absolute Gasteiger partial charge is 0.239 e. The molecule has 0 aromatic heterocycles. The van der Waals surface area contributed by atoms with Gasteiger partial charge in [-0.05, 0) is 11.0 Å². The minimum Gasteiger partial charge on any atom is -0.368 e. The first-order valence-corrected chi connectivity index (χ1v) is 5.91. The Morgan fingerprint density at radius 1 is 1.44 bits per heavy atom. The van der Waals surface area contributed by atoms with Crippen molar-refractivity contribution < 1.29 is 8.91 Å². The largest absolute Gasteiger partial charge is 0.368 e. The van der Waals surface area contributed by atoms with Crippen LogP contribution in [0.5, 0.6) is 0 Å². The van der Waals surface area contributed by atoms with Crippen LogP contribution < -0.4 is 16.8 Å². The number of carbonyl (C=O) groups excluding carboxylic acids is 1. The summed E-state index contributed by atoms with van der Waals surface area (Å²) < 4.78 is 22.9. The lowest BCUT2D eigenvalue weighted by Gasteiger charge is -2.33. The van der Waals surface area contributed by atoms with E-state index in [4.69, 9.17) is 15.6 Å². The van der Waals surface area contributed by atoms with Crippen molar-refractivity contribution in [1.82, 2.24) is 5.32 Å². The maximum Gasteiger partial charge on any atom is 0.239 e. The van der Waals surface area contributed by atoms with Gasteiger partial charge in [-0.15, -0.1) is 0 Å². The Labute approximate surface area is 113 Å². The molecule has 0 aliphatic heterocycles. The molecule has 0 saturated carbocycles. The Balaban J connectivity index is 3.05. The van der Waals surface area contributed by atoms with Gasteiger partial charge in [0.05, 0.1) is 0 Å². The third-order valence-corrected chi connectivity index (χ3v) is 2.89. The predicted octanol–water partition coefficient (Wildman–Crippen LogP) is 1.18. The van der Waals surface area contributed by atoms with E-state index in [1.807, 2.05) is 6.07 Å². The van der Waals surface area contributed by atoms with Crippen molar-refractivity contribution in [3.8, 4) is 0 Å². The molecule has 0 heterocycles. The summed E-state index contributed by atoms with van der Waals surface area (Å²) in [5.41, 5.74) is 10.8. The molecule has 1 aromatic carbocycles. The highest BCUT2D eigenvalue weighted by Gasteiger charge is 2.28. The van der Waals surface area contributed by atoms with E-state index in [0.717, 1.165) is 0 Å². The molecule has 0 bridgehead atoms. The molecule has 4 heteroatoms. The van der Waals surface area contributed by atoms with Gasteiger partial charge in [0.25, 0.3) is 0 Å². The third-order valence-electron chi connectivity index (χ3n) is 2.89. The minimum atomic E-state index is -2.21. The van der Waals surface area contributed by atoms with Gasteiger partial charge in [-0.2, -0.15) is 0 Å². The van der Waals surface area contributed by atoms with Gasteiger partial charge >= 0.3 is 0 Å². The van der Waals surface area contributed by atoms with E-state index in [1.165, 1.54) is 0 Å². The number of benzene rings is 1. The molecule has 0 aliphatic carbocycles. The Morgan fingerprint density at radius 3 is 2.50 bits per heavy atom. The zero-order chi connectivity index (χ0) is 16.3. The number of hydrogen-bond acceptors (Lipinski definition) is 3. The second kappa shape index (κ2) is 5.98. The highest BCUT2D eigenvalue weighted by Crippen LogP contribution is 2.22. The van der Waals surface area contributed by atoms with Crippen LogP contribution in [0.1, 0.15) is 36.4 Å². The molecule has 18 heavy (non-hydrogen) atoms. The molecule has 1 amide bonds. The average molecular weight is 252 g/mol. The lowest BCUT2D eigenvalue weighted by molar-refractivity contribution is -0.120. The molecule has 1 rings (SSSR count). The molecular weight excluding hydrogens is 226 g/mol. The topological polar surface area (TPSA) is 81.1 Å². The SMILES string of the molecule is [2H]C([2H])([2H])C(C)(C)[C@@H](CN)N[C@@H](C(N)=O)c1ccccc1. The minimum absolute atomic E-state index is 0.0853. The van der Waals surface area contributed by atoms with Crippen molar-refractivity contribution >= 4 is 5.91 Å². The highest BCUT2D eigenvalue weighted by molar-refractivity contribution is 5.81. The van der Waals surface area contributed by atoms with Gasteiger partial charge in [-0.3, -0.25) is 10.1 Å². The summed E-state index contributed by atoms with van der Waals surface area (Å²) in [5, 5.41) is 3.01. The number of amides is 1. The fraction of sp³-hybridized carbons (Fsp3) is 0.500. The average Bonchev–Trinajstić information content (AvgIpc) is 2.38. The van der Waals surface area contributed by atoms with Crippen molar-refractivity contribution in [2.24, 2.45) is 16.9 Å². The Kier molecular flexibility index (Phi) is 3.50. The lowest BCUT2D eigenvalue weighted by atomic mass is 9.86. The van der Waals surface area contributed by atoms with Crippen LogP contribution in [0.3, 0.4) is 0 Å². The Bertz CT molecular complexity index is 474. The fourth-order valence-corrected chi connectivity index (χ4v) is 1.76. The normalized spacial score (nSPS) is 18.3. The van der Waals surface area contributed by atoms with Crippen LogP contribution >= 0.6 is 0 Å². The van der Waals surface area contributed by atoms with Crippen molar-refractivity contribution in [2.75, 3.05) is 6.54 Å². The summed E-state index contributed by atoms with van der Waals surface area (Å²) in [6.07, 6.45) is 0. The predicted molar refractivity (Wildman–Crippen MR) is 73.8 cm³/mol. The highest BCUT2D eigenvalue weighted by atomic mass is 16.1. The van der Waals surface area contributed by atoms with E-state index in [9.17, 15) is 4.79 Å². The third kappa shape index (κ3) is 3.82. The maximum atomic E-state index is 11.7. The van der Waals surface area contributed by atoms with Gasteiger partial charge in [0, 0.05) is 16.7 Å². The van der Waals surface area contributed by atoms with Gasteiger partial charge in [0.2, 0.25) is 5.91 Å². The molecule has 0 spiro atoms. The number of nitrogens with one attached hydrogen (secondary N) is 1. The first kappa shape index (κ1) is 10.5. The number of rotatable bonds is 5. The second-order valence-electron chi connectivity index (χ2n) is 4.92. The van der Waals surface area contributed by atoms with E-state index < -0.39 is 30.3 Å². The van der Waals surface area contributed by atoms with Crippen LogP contribution in [-0.4, -0.2) is 18.5 Å². The van der Waals surface area contributed by atoms with Crippen LogP contribution in [0.2, 0.25) is 0 Å². The number of carbonyl (C=O) groups is 1. The molecule has 0 radical (unpaired) electrons. The van der Waals surface area contributed by atoms with Gasteiger partial charge < -0.3 is 11.5 Å². The molecule has 1 aromatic rings. The van der Waals surface area contributed by atoms with Crippen molar-refractivity contribution in [3.05, 3.63) is 35.9 Å². The summed E-state index contributed by atoms with van der Waals surface area (Å²) >= 11 is 0. The van der Waals surface area contributed by atoms with Gasteiger partial charge in [-0.1, -0.05) is 51.0 Å². The number of nitrogens with two attached hydrogens (primary N) is 2. The Morgan fingerprint density at radius 2 is 2.06 bits per heavy atom. The first-order chi connectivity index (χ1) is 9.61. The second-order valence-corrected chi connectivity index (χ2v) is 4.92. The number of primary amides is 1. The summed E-state index contributed by atoms with van der Waals surface area (Å²) in [7, 11) is 0. The molecule has 2 atom stereocenters. The van der Waals surface area contributed by atoms with Crippen molar-refractivity contribution in [2.45, 2.75) is 32.8 Å². The molecule has 0 saturated heterocycles. The quantitative estimate of drug-likeness (QED) is 0.736. The summed E-state index contributed by atoms with van der Waals surface area (Å²) in [6.45, 7) is 1.09. The summed E-state index contributed by atoms with van der Waals surface area (Å²) in [5.74, 6) is -0.569. The van der Waals surface area contributed by atoms with Gasteiger partial charge in [0.1, 0.15) is 6.04 Å². The van der Waals surface area contributed by atoms with Gasteiger partial charge in [-0.25, -0.2) is 0 Å². The molecule has 4 nitrogen and oxygen atoms in total. The molecular formula is C14H23N3O. The van der Waals surface area contributed by atoms with E-state index in [-0.39, 0.29) is 6.54 Å².